The zero-order valence-corrected chi connectivity index (χ0v) is 14.1. The fourth-order valence-corrected chi connectivity index (χ4v) is 3.68. The summed E-state index contributed by atoms with van der Waals surface area (Å²) in [6.07, 6.45) is -3.41. The van der Waals surface area contributed by atoms with Crippen molar-refractivity contribution >= 4 is 22.5 Å². The fourth-order valence-electron chi connectivity index (χ4n) is 3.68. The van der Waals surface area contributed by atoms with Crippen LogP contribution >= 0.6 is 0 Å². The molecule has 1 atom stereocenters. The Balaban J connectivity index is 1.71. The summed E-state index contributed by atoms with van der Waals surface area (Å²) in [5, 5.41) is 3.28. The molecular formula is C20H15F3N2O2. The molecule has 138 valence electrons. The molecule has 3 heterocycles. The number of H-pyrrole nitrogens is 1. The summed E-state index contributed by atoms with van der Waals surface area (Å²) in [5.41, 5.74) is 3.66. The first-order valence-corrected chi connectivity index (χ1v) is 8.65. The van der Waals surface area contributed by atoms with Crippen molar-refractivity contribution < 1.29 is 22.7 Å². The Kier molecular flexibility index (Phi) is 3.40. The average molecular weight is 372 g/mol. The number of alkyl halides is 3. The van der Waals surface area contributed by atoms with Crippen LogP contribution < -0.4 is 5.32 Å². The molecule has 1 amide bonds. The molecule has 1 saturated heterocycles. The van der Waals surface area contributed by atoms with Crippen molar-refractivity contribution in [2.45, 2.75) is 25.1 Å². The number of ether oxygens (including phenoxy) is 1. The van der Waals surface area contributed by atoms with Crippen molar-refractivity contribution in [1.29, 1.82) is 0 Å². The highest BCUT2D eigenvalue weighted by Crippen LogP contribution is 2.40. The number of amides is 1. The van der Waals surface area contributed by atoms with Crippen LogP contribution in [0.2, 0.25) is 0 Å². The number of benzene rings is 2. The first-order chi connectivity index (χ1) is 12.9. The quantitative estimate of drug-likeness (QED) is 0.660. The summed E-state index contributed by atoms with van der Waals surface area (Å²) in [5.74, 6) is -0.244. The molecule has 2 N–H and O–H groups in total. The van der Waals surface area contributed by atoms with Gasteiger partial charge in [0.05, 0.1) is 36.1 Å². The van der Waals surface area contributed by atoms with Gasteiger partial charge in [0.2, 0.25) is 5.91 Å². The first-order valence-electron chi connectivity index (χ1n) is 8.65. The van der Waals surface area contributed by atoms with E-state index in [1.54, 1.807) is 0 Å². The molecule has 0 saturated carbocycles. The van der Waals surface area contributed by atoms with Crippen molar-refractivity contribution in [3.63, 3.8) is 0 Å². The molecule has 0 radical (unpaired) electrons. The molecule has 0 bridgehead atoms. The lowest BCUT2D eigenvalue weighted by atomic mass is 9.99. The van der Waals surface area contributed by atoms with Gasteiger partial charge >= 0.3 is 6.18 Å². The summed E-state index contributed by atoms with van der Waals surface area (Å²) in [7, 11) is 0. The normalized spacial score (nSPS) is 18.6. The van der Waals surface area contributed by atoms with Gasteiger partial charge < -0.3 is 15.0 Å². The molecule has 0 unspecified atom stereocenters. The molecule has 2 aliphatic heterocycles. The number of hydrogen-bond acceptors (Lipinski definition) is 2. The number of fused-ring (bicyclic) bond motifs is 5. The molecule has 2 aromatic carbocycles. The van der Waals surface area contributed by atoms with Crippen LogP contribution in [0.25, 0.3) is 22.2 Å². The third-order valence-electron chi connectivity index (χ3n) is 5.06. The summed E-state index contributed by atoms with van der Waals surface area (Å²) in [4.78, 5) is 15.6. The maximum absolute atomic E-state index is 13.1. The smallest absolute Gasteiger partial charge is 0.373 e. The molecule has 2 aliphatic rings. The highest BCUT2D eigenvalue weighted by molar-refractivity contribution is 6.05. The van der Waals surface area contributed by atoms with E-state index in [4.69, 9.17) is 4.74 Å². The lowest BCUT2D eigenvalue weighted by Gasteiger charge is -2.09. The molecular weight excluding hydrogens is 357 g/mol. The van der Waals surface area contributed by atoms with Gasteiger partial charge in [-0.05, 0) is 41.5 Å². The second-order valence-corrected chi connectivity index (χ2v) is 7.00. The third kappa shape index (κ3) is 2.88. The van der Waals surface area contributed by atoms with E-state index >= 15 is 0 Å². The number of hydrogen-bond donors (Lipinski definition) is 2. The van der Waals surface area contributed by atoms with Crippen molar-refractivity contribution in [2.24, 2.45) is 0 Å². The van der Waals surface area contributed by atoms with Gasteiger partial charge in [-0.2, -0.15) is 13.2 Å². The number of nitrogens with one attached hydrogen (secondary N) is 2. The highest BCUT2D eigenvalue weighted by atomic mass is 19.4. The number of epoxide rings is 1. The molecule has 0 spiro atoms. The van der Waals surface area contributed by atoms with E-state index in [1.165, 1.54) is 6.07 Å². The molecule has 1 fully saturated rings. The van der Waals surface area contributed by atoms with Gasteiger partial charge in [0.25, 0.3) is 0 Å². The highest BCUT2D eigenvalue weighted by Gasteiger charge is 2.32. The van der Waals surface area contributed by atoms with Gasteiger partial charge in [-0.3, -0.25) is 4.79 Å². The van der Waals surface area contributed by atoms with E-state index < -0.39 is 11.7 Å². The van der Waals surface area contributed by atoms with Crippen LogP contribution in [0.1, 0.15) is 16.7 Å². The molecule has 7 heteroatoms. The Labute approximate surface area is 152 Å². The minimum atomic E-state index is -4.43. The van der Waals surface area contributed by atoms with Gasteiger partial charge in [-0.15, -0.1) is 0 Å². The van der Waals surface area contributed by atoms with Crippen LogP contribution in [0, 0.1) is 0 Å². The van der Waals surface area contributed by atoms with Crippen LogP contribution in [0.4, 0.5) is 18.9 Å². The van der Waals surface area contributed by atoms with Crippen molar-refractivity contribution in [2.75, 3.05) is 11.9 Å². The minimum Gasteiger partial charge on any atom is -0.373 e. The molecule has 5 rings (SSSR count). The van der Waals surface area contributed by atoms with E-state index in [0.717, 1.165) is 36.3 Å². The van der Waals surface area contributed by atoms with Gasteiger partial charge in [-0.1, -0.05) is 6.07 Å². The standard InChI is InChI=1S/C20H15F3N2O2/c21-20(22,23)11-2-4-16-13(7-11)14-8-18(26)24-17-3-1-10(5-12-9-27-12)6-15(17)19(14)25-16/h1-4,6-7,12,25H,5,8-9H2,(H,24,26)/t12-/m1/s1. The Morgan fingerprint density at radius 2 is 1.96 bits per heavy atom. The summed E-state index contributed by atoms with van der Waals surface area (Å²) in [6, 6.07) is 9.35. The van der Waals surface area contributed by atoms with Gasteiger partial charge in [0, 0.05) is 22.9 Å². The topological polar surface area (TPSA) is 57.4 Å². The van der Waals surface area contributed by atoms with Crippen molar-refractivity contribution in [3.05, 3.63) is 53.1 Å². The van der Waals surface area contributed by atoms with Crippen LogP contribution in [-0.2, 0) is 28.5 Å². The lowest BCUT2D eigenvalue weighted by molar-refractivity contribution is -0.137. The minimum absolute atomic E-state index is 0.0202. The summed E-state index contributed by atoms with van der Waals surface area (Å²) >= 11 is 0. The summed E-state index contributed by atoms with van der Waals surface area (Å²) < 4.78 is 44.7. The second-order valence-electron chi connectivity index (χ2n) is 7.00. The van der Waals surface area contributed by atoms with Crippen LogP contribution in [0.5, 0.6) is 0 Å². The maximum atomic E-state index is 13.1. The second kappa shape index (κ2) is 5.60. The number of carbonyl (C=O) groups excluding carboxylic acids is 1. The number of carbonyl (C=O) groups is 1. The zero-order chi connectivity index (χ0) is 18.8. The lowest BCUT2D eigenvalue weighted by Crippen LogP contribution is -2.12. The SMILES string of the molecule is O=C1Cc2c([nH]c3ccc(C(F)(F)F)cc23)-c2cc(C[C@@H]3CO3)ccc2N1. The Bertz CT molecular complexity index is 1080. The first kappa shape index (κ1) is 16.4. The van der Waals surface area contributed by atoms with Gasteiger partial charge in [0.15, 0.2) is 0 Å². The van der Waals surface area contributed by atoms with E-state index in [1.807, 2.05) is 18.2 Å². The molecule has 0 aliphatic carbocycles. The molecule has 3 aromatic rings. The van der Waals surface area contributed by atoms with Crippen molar-refractivity contribution in [1.82, 2.24) is 4.98 Å². The van der Waals surface area contributed by atoms with Crippen LogP contribution in [0.3, 0.4) is 0 Å². The van der Waals surface area contributed by atoms with E-state index in [-0.39, 0.29) is 18.4 Å². The van der Waals surface area contributed by atoms with Crippen molar-refractivity contribution in [3.8, 4) is 11.3 Å². The van der Waals surface area contributed by atoms with Crippen LogP contribution in [0.15, 0.2) is 36.4 Å². The summed E-state index contributed by atoms with van der Waals surface area (Å²) in [6.45, 7) is 0.742. The van der Waals surface area contributed by atoms with E-state index in [0.29, 0.717) is 27.8 Å². The Morgan fingerprint density at radius 1 is 1.15 bits per heavy atom. The van der Waals surface area contributed by atoms with E-state index in [2.05, 4.69) is 10.3 Å². The molecule has 27 heavy (non-hydrogen) atoms. The number of aromatic amines is 1. The molecule has 4 nitrogen and oxygen atoms in total. The number of anilines is 1. The monoisotopic (exact) mass is 372 g/mol. The van der Waals surface area contributed by atoms with Gasteiger partial charge in [-0.25, -0.2) is 0 Å². The number of rotatable bonds is 2. The third-order valence-corrected chi connectivity index (χ3v) is 5.06. The average Bonchev–Trinajstić information content (AvgIpc) is 3.37. The predicted molar refractivity (Wildman–Crippen MR) is 94.5 cm³/mol. The number of halogens is 3. The fraction of sp³-hybridized carbons (Fsp3) is 0.250. The largest absolute Gasteiger partial charge is 0.416 e. The van der Waals surface area contributed by atoms with Gasteiger partial charge in [0.1, 0.15) is 0 Å². The predicted octanol–water partition coefficient (Wildman–Crippen LogP) is 4.29. The Hall–Kier alpha value is -2.80. The number of aromatic nitrogens is 1. The van der Waals surface area contributed by atoms with Crippen LogP contribution in [-0.4, -0.2) is 23.6 Å². The Morgan fingerprint density at radius 3 is 2.70 bits per heavy atom. The molecule has 1 aromatic heterocycles. The maximum Gasteiger partial charge on any atom is 0.416 e. The van der Waals surface area contributed by atoms with E-state index in [9.17, 15) is 18.0 Å². The zero-order valence-electron chi connectivity index (χ0n) is 14.1.